The van der Waals surface area contributed by atoms with Crippen molar-refractivity contribution in [1.29, 1.82) is 0 Å². The number of esters is 1. The molecule has 2 heterocycles. The fraction of sp³-hybridized carbons (Fsp3) is 0.211. The van der Waals surface area contributed by atoms with Crippen molar-refractivity contribution in [2.45, 2.75) is 19.8 Å². The van der Waals surface area contributed by atoms with E-state index >= 15 is 0 Å². The van der Waals surface area contributed by atoms with Gasteiger partial charge in [-0.05, 0) is 30.2 Å². The number of amides is 1. The number of hydrogen-bond acceptors (Lipinski definition) is 8. The Morgan fingerprint density at radius 3 is 2.57 bits per heavy atom. The summed E-state index contributed by atoms with van der Waals surface area (Å²) in [5, 5.41) is 6.13. The van der Waals surface area contributed by atoms with Gasteiger partial charge in [0.15, 0.2) is 10.8 Å². The number of nitrogens with zero attached hydrogens (tertiary/aromatic N) is 3. The highest BCUT2D eigenvalue weighted by molar-refractivity contribution is 7.16. The highest BCUT2D eigenvalue weighted by Gasteiger charge is 2.22. The standard InChI is InChI=1S/C19H19N5O3S/c1-11(2)15-14(17(26)27-3)23-19(28-15)24-16(25)12-6-4-7-13(10-12)22-18-20-8-5-9-21-18/h4-11H,1-3H3,(H,20,21,22)(H,23,24,25). The van der Waals surface area contributed by atoms with E-state index in [0.29, 0.717) is 22.3 Å². The van der Waals surface area contributed by atoms with Gasteiger partial charge in [0.05, 0.1) is 7.11 Å². The summed E-state index contributed by atoms with van der Waals surface area (Å²) in [6, 6.07) is 8.65. The van der Waals surface area contributed by atoms with Gasteiger partial charge in [0, 0.05) is 28.5 Å². The zero-order valence-electron chi connectivity index (χ0n) is 15.6. The first-order chi connectivity index (χ1) is 13.5. The molecule has 1 aromatic carbocycles. The van der Waals surface area contributed by atoms with Crippen molar-refractivity contribution < 1.29 is 14.3 Å². The summed E-state index contributed by atoms with van der Waals surface area (Å²) in [5.41, 5.74) is 1.34. The second-order valence-corrected chi connectivity index (χ2v) is 7.14. The van der Waals surface area contributed by atoms with Gasteiger partial charge < -0.3 is 10.1 Å². The Morgan fingerprint density at radius 1 is 1.14 bits per heavy atom. The summed E-state index contributed by atoms with van der Waals surface area (Å²) in [6.45, 7) is 3.90. The highest BCUT2D eigenvalue weighted by Crippen LogP contribution is 2.30. The lowest BCUT2D eigenvalue weighted by molar-refractivity contribution is 0.0593. The first-order valence-corrected chi connectivity index (χ1v) is 9.34. The van der Waals surface area contributed by atoms with Crippen LogP contribution in [0.1, 0.15) is 45.5 Å². The number of hydrogen-bond donors (Lipinski definition) is 2. The molecular formula is C19H19N5O3S. The molecule has 2 aromatic heterocycles. The summed E-state index contributed by atoms with van der Waals surface area (Å²) < 4.78 is 4.77. The third kappa shape index (κ3) is 4.49. The van der Waals surface area contributed by atoms with Gasteiger partial charge in [-0.3, -0.25) is 10.1 Å². The summed E-state index contributed by atoms with van der Waals surface area (Å²) >= 11 is 1.26. The molecule has 0 saturated heterocycles. The Morgan fingerprint density at radius 2 is 1.89 bits per heavy atom. The summed E-state index contributed by atoms with van der Waals surface area (Å²) in [6.07, 6.45) is 3.25. The maximum Gasteiger partial charge on any atom is 0.357 e. The van der Waals surface area contributed by atoms with Gasteiger partial charge in [0.2, 0.25) is 5.95 Å². The average Bonchev–Trinajstić information content (AvgIpc) is 3.12. The first kappa shape index (κ1) is 19.4. The maximum absolute atomic E-state index is 12.6. The molecule has 0 spiro atoms. The molecule has 28 heavy (non-hydrogen) atoms. The van der Waals surface area contributed by atoms with Crippen LogP contribution in [0.4, 0.5) is 16.8 Å². The van der Waals surface area contributed by atoms with E-state index in [-0.39, 0.29) is 17.5 Å². The highest BCUT2D eigenvalue weighted by atomic mass is 32.1. The van der Waals surface area contributed by atoms with Gasteiger partial charge in [0.1, 0.15) is 0 Å². The summed E-state index contributed by atoms with van der Waals surface area (Å²) in [5.74, 6) is -0.340. The fourth-order valence-electron chi connectivity index (χ4n) is 2.42. The van der Waals surface area contributed by atoms with E-state index in [1.165, 1.54) is 18.4 Å². The van der Waals surface area contributed by atoms with Gasteiger partial charge in [-0.25, -0.2) is 19.7 Å². The van der Waals surface area contributed by atoms with E-state index in [9.17, 15) is 9.59 Å². The van der Waals surface area contributed by atoms with Crippen LogP contribution in [0.2, 0.25) is 0 Å². The van der Waals surface area contributed by atoms with Crippen LogP contribution in [0.25, 0.3) is 0 Å². The average molecular weight is 397 g/mol. The summed E-state index contributed by atoms with van der Waals surface area (Å²) in [7, 11) is 1.30. The lowest BCUT2D eigenvalue weighted by atomic mass is 10.1. The number of rotatable bonds is 6. The molecule has 0 aliphatic rings. The minimum absolute atomic E-state index is 0.0793. The van der Waals surface area contributed by atoms with Crippen molar-refractivity contribution >= 4 is 40.0 Å². The molecule has 1 amide bonds. The normalized spacial score (nSPS) is 10.6. The van der Waals surface area contributed by atoms with Crippen molar-refractivity contribution in [2.75, 3.05) is 17.7 Å². The minimum atomic E-state index is -0.519. The zero-order chi connectivity index (χ0) is 20.1. The molecule has 0 unspecified atom stereocenters. The predicted molar refractivity (Wildman–Crippen MR) is 107 cm³/mol. The Kier molecular flexibility index (Phi) is 5.95. The van der Waals surface area contributed by atoms with Crippen LogP contribution in [0, 0.1) is 0 Å². The Bertz CT molecular complexity index is 988. The van der Waals surface area contributed by atoms with Gasteiger partial charge in [0.25, 0.3) is 5.91 Å². The Hall–Kier alpha value is -3.33. The second-order valence-electron chi connectivity index (χ2n) is 6.11. The molecule has 0 saturated carbocycles. The number of methoxy groups -OCH3 is 1. The molecule has 2 N–H and O–H groups in total. The SMILES string of the molecule is COC(=O)c1nc(NC(=O)c2cccc(Nc3ncccn3)c2)sc1C(C)C. The van der Waals surface area contributed by atoms with E-state index < -0.39 is 5.97 Å². The molecule has 0 bridgehead atoms. The lowest BCUT2D eigenvalue weighted by Crippen LogP contribution is -2.12. The summed E-state index contributed by atoms with van der Waals surface area (Å²) in [4.78, 5) is 37.7. The van der Waals surface area contributed by atoms with E-state index in [1.807, 2.05) is 19.9 Å². The van der Waals surface area contributed by atoms with E-state index in [4.69, 9.17) is 4.74 Å². The van der Waals surface area contributed by atoms with Gasteiger partial charge in [-0.2, -0.15) is 0 Å². The van der Waals surface area contributed by atoms with E-state index in [2.05, 4.69) is 25.6 Å². The molecule has 3 aromatic rings. The van der Waals surface area contributed by atoms with Crippen LogP contribution in [-0.4, -0.2) is 33.9 Å². The smallest absolute Gasteiger partial charge is 0.357 e. The molecule has 0 fully saturated rings. The van der Waals surface area contributed by atoms with Crippen molar-refractivity contribution in [3.8, 4) is 0 Å². The number of aromatic nitrogens is 3. The molecule has 0 radical (unpaired) electrons. The fourth-order valence-corrected chi connectivity index (χ4v) is 3.37. The molecule has 0 aliphatic heterocycles. The number of carbonyl (C=O) groups is 2. The predicted octanol–water partition coefficient (Wildman–Crippen LogP) is 3.84. The van der Waals surface area contributed by atoms with E-state index in [0.717, 1.165) is 4.88 Å². The van der Waals surface area contributed by atoms with Crippen molar-refractivity contribution in [3.05, 3.63) is 58.9 Å². The zero-order valence-corrected chi connectivity index (χ0v) is 16.4. The number of ether oxygens (including phenoxy) is 1. The lowest BCUT2D eigenvalue weighted by Gasteiger charge is -2.06. The molecular weight excluding hydrogens is 378 g/mol. The number of thiazole rings is 1. The van der Waals surface area contributed by atoms with Gasteiger partial charge in [-0.1, -0.05) is 19.9 Å². The maximum atomic E-state index is 12.6. The van der Waals surface area contributed by atoms with Gasteiger partial charge in [-0.15, -0.1) is 11.3 Å². The van der Waals surface area contributed by atoms with Crippen LogP contribution >= 0.6 is 11.3 Å². The molecule has 0 atom stereocenters. The molecule has 9 heteroatoms. The number of carbonyl (C=O) groups excluding carboxylic acids is 2. The van der Waals surface area contributed by atoms with Crippen LogP contribution in [0.15, 0.2) is 42.7 Å². The Balaban J connectivity index is 1.78. The van der Waals surface area contributed by atoms with Crippen LogP contribution in [0.3, 0.4) is 0 Å². The first-order valence-electron chi connectivity index (χ1n) is 8.52. The Labute approximate surface area is 166 Å². The van der Waals surface area contributed by atoms with Crippen molar-refractivity contribution in [3.63, 3.8) is 0 Å². The largest absolute Gasteiger partial charge is 0.464 e. The van der Waals surface area contributed by atoms with E-state index in [1.54, 1.807) is 36.7 Å². The van der Waals surface area contributed by atoms with Crippen molar-refractivity contribution in [1.82, 2.24) is 15.0 Å². The topological polar surface area (TPSA) is 106 Å². The molecule has 144 valence electrons. The molecule has 0 aliphatic carbocycles. The molecule has 3 rings (SSSR count). The second kappa shape index (κ2) is 8.57. The number of anilines is 3. The number of benzene rings is 1. The third-order valence-electron chi connectivity index (χ3n) is 3.72. The third-order valence-corrected chi connectivity index (χ3v) is 4.99. The van der Waals surface area contributed by atoms with Gasteiger partial charge >= 0.3 is 5.97 Å². The monoisotopic (exact) mass is 397 g/mol. The van der Waals surface area contributed by atoms with Crippen LogP contribution < -0.4 is 10.6 Å². The number of nitrogens with one attached hydrogen (secondary N) is 2. The van der Waals surface area contributed by atoms with Crippen LogP contribution in [0.5, 0.6) is 0 Å². The quantitative estimate of drug-likeness (QED) is 0.609. The molecule has 8 nitrogen and oxygen atoms in total. The van der Waals surface area contributed by atoms with Crippen LogP contribution in [-0.2, 0) is 4.74 Å². The minimum Gasteiger partial charge on any atom is -0.464 e. The van der Waals surface area contributed by atoms with Crippen molar-refractivity contribution in [2.24, 2.45) is 0 Å².